The predicted molar refractivity (Wildman–Crippen MR) is 62.0 cm³/mol. The summed E-state index contributed by atoms with van der Waals surface area (Å²) < 4.78 is 0. The van der Waals surface area contributed by atoms with Gasteiger partial charge in [-0.15, -0.1) is 0 Å². The van der Waals surface area contributed by atoms with Crippen molar-refractivity contribution in [3.63, 3.8) is 0 Å². The minimum atomic E-state index is 0.120. The van der Waals surface area contributed by atoms with Crippen molar-refractivity contribution in [3.8, 4) is 0 Å². The standard InChI is InChI=1S/C9H19NOS2/c11-8-10-6-3-1-2-4-9-5-7-12-13-9/h9-11H,1-8H2. The van der Waals surface area contributed by atoms with Crippen LogP contribution in [0.3, 0.4) is 0 Å². The third kappa shape index (κ3) is 5.83. The van der Waals surface area contributed by atoms with E-state index in [1.807, 2.05) is 10.8 Å². The van der Waals surface area contributed by atoms with Crippen LogP contribution in [0.25, 0.3) is 0 Å². The highest BCUT2D eigenvalue weighted by molar-refractivity contribution is 8.77. The molecule has 1 saturated heterocycles. The van der Waals surface area contributed by atoms with Gasteiger partial charge in [0.25, 0.3) is 0 Å². The van der Waals surface area contributed by atoms with Crippen LogP contribution in [0.2, 0.25) is 0 Å². The van der Waals surface area contributed by atoms with E-state index in [4.69, 9.17) is 5.11 Å². The fraction of sp³-hybridized carbons (Fsp3) is 1.00. The Balaban J connectivity index is 1.78. The van der Waals surface area contributed by atoms with Crippen molar-refractivity contribution in [2.24, 2.45) is 0 Å². The molecular weight excluding hydrogens is 202 g/mol. The van der Waals surface area contributed by atoms with Gasteiger partial charge in [0.2, 0.25) is 0 Å². The van der Waals surface area contributed by atoms with Gasteiger partial charge in [-0.3, -0.25) is 5.32 Å². The number of nitrogens with one attached hydrogen (secondary N) is 1. The van der Waals surface area contributed by atoms with E-state index in [-0.39, 0.29) is 6.73 Å². The van der Waals surface area contributed by atoms with Crippen molar-refractivity contribution in [2.75, 3.05) is 19.0 Å². The van der Waals surface area contributed by atoms with Crippen LogP contribution in [-0.4, -0.2) is 29.4 Å². The van der Waals surface area contributed by atoms with E-state index < -0.39 is 0 Å². The molecule has 0 aromatic heterocycles. The van der Waals surface area contributed by atoms with Gasteiger partial charge in [-0.1, -0.05) is 34.4 Å². The summed E-state index contributed by atoms with van der Waals surface area (Å²) in [6.07, 6.45) is 6.65. The molecule has 1 heterocycles. The summed E-state index contributed by atoms with van der Waals surface area (Å²) in [6.45, 7) is 1.08. The smallest absolute Gasteiger partial charge is 0.0931 e. The zero-order valence-corrected chi connectivity index (χ0v) is 9.63. The SMILES string of the molecule is OCNCCCCCC1CCSS1. The summed E-state index contributed by atoms with van der Waals surface area (Å²) >= 11 is 0. The molecule has 1 fully saturated rings. The van der Waals surface area contributed by atoms with E-state index in [1.165, 1.54) is 37.9 Å². The lowest BCUT2D eigenvalue weighted by Crippen LogP contribution is -2.15. The number of aliphatic hydroxyl groups is 1. The molecule has 0 amide bonds. The Kier molecular flexibility index (Phi) is 7.17. The molecule has 0 radical (unpaired) electrons. The van der Waals surface area contributed by atoms with Gasteiger partial charge in [-0.2, -0.15) is 0 Å². The number of aliphatic hydroxyl groups excluding tert-OH is 1. The molecule has 1 aliphatic heterocycles. The van der Waals surface area contributed by atoms with Crippen molar-refractivity contribution in [3.05, 3.63) is 0 Å². The van der Waals surface area contributed by atoms with Crippen molar-refractivity contribution >= 4 is 21.6 Å². The molecule has 0 aromatic rings. The minimum Gasteiger partial charge on any atom is -0.381 e. The highest BCUT2D eigenvalue weighted by Gasteiger charge is 2.15. The van der Waals surface area contributed by atoms with Crippen molar-refractivity contribution in [1.82, 2.24) is 5.32 Å². The second-order valence-corrected chi connectivity index (χ2v) is 6.12. The molecule has 1 aliphatic rings. The van der Waals surface area contributed by atoms with Gasteiger partial charge in [0, 0.05) is 11.0 Å². The average molecular weight is 221 g/mol. The van der Waals surface area contributed by atoms with Gasteiger partial charge in [-0.25, -0.2) is 0 Å². The van der Waals surface area contributed by atoms with Crippen molar-refractivity contribution < 1.29 is 5.11 Å². The molecule has 1 atom stereocenters. The second-order valence-electron chi connectivity index (χ2n) is 3.34. The summed E-state index contributed by atoms with van der Waals surface area (Å²) in [6, 6.07) is 0. The van der Waals surface area contributed by atoms with E-state index in [1.54, 1.807) is 0 Å². The van der Waals surface area contributed by atoms with E-state index >= 15 is 0 Å². The lowest BCUT2D eigenvalue weighted by Gasteiger charge is -2.06. The highest BCUT2D eigenvalue weighted by Crippen LogP contribution is 2.39. The maximum Gasteiger partial charge on any atom is 0.0931 e. The quantitative estimate of drug-likeness (QED) is 0.392. The number of hydrogen-bond acceptors (Lipinski definition) is 4. The first-order chi connectivity index (χ1) is 6.43. The first-order valence-electron chi connectivity index (χ1n) is 5.03. The summed E-state index contributed by atoms with van der Waals surface area (Å²) in [7, 11) is 4.10. The Morgan fingerprint density at radius 1 is 1.31 bits per heavy atom. The molecule has 2 N–H and O–H groups in total. The topological polar surface area (TPSA) is 32.3 Å². The molecule has 0 saturated carbocycles. The van der Waals surface area contributed by atoms with Crippen LogP contribution < -0.4 is 5.32 Å². The normalized spacial score (nSPS) is 22.4. The number of unbranched alkanes of at least 4 members (excludes halogenated alkanes) is 2. The average Bonchev–Trinajstić information content (AvgIpc) is 2.63. The van der Waals surface area contributed by atoms with Crippen LogP contribution in [0, 0.1) is 0 Å². The van der Waals surface area contributed by atoms with Gasteiger partial charge in [0.05, 0.1) is 6.73 Å². The van der Waals surface area contributed by atoms with Gasteiger partial charge < -0.3 is 5.11 Å². The minimum absolute atomic E-state index is 0.120. The first kappa shape index (κ1) is 11.7. The van der Waals surface area contributed by atoms with Gasteiger partial charge in [-0.05, 0) is 25.8 Å². The predicted octanol–water partition coefficient (Wildman–Crippen LogP) is 2.24. The Hall–Kier alpha value is 0.620. The number of rotatable bonds is 7. The summed E-state index contributed by atoms with van der Waals surface area (Å²) in [5.74, 6) is 1.35. The molecule has 0 aliphatic carbocycles. The molecule has 13 heavy (non-hydrogen) atoms. The lowest BCUT2D eigenvalue weighted by atomic mass is 10.1. The summed E-state index contributed by atoms with van der Waals surface area (Å²) in [5.41, 5.74) is 0. The van der Waals surface area contributed by atoms with E-state index in [0.29, 0.717) is 0 Å². The fourth-order valence-corrected chi connectivity index (χ4v) is 4.47. The van der Waals surface area contributed by atoms with Gasteiger partial charge in [0.1, 0.15) is 0 Å². The Morgan fingerprint density at radius 2 is 2.23 bits per heavy atom. The molecule has 0 bridgehead atoms. The molecule has 4 heteroatoms. The Bertz CT molecular complexity index is 118. The zero-order chi connectivity index (χ0) is 9.36. The molecular formula is C9H19NOS2. The molecule has 0 aromatic carbocycles. The van der Waals surface area contributed by atoms with Crippen LogP contribution in [-0.2, 0) is 0 Å². The van der Waals surface area contributed by atoms with Crippen LogP contribution in [0.15, 0.2) is 0 Å². The van der Waals surface area contributed by atoms with E-state index in [9.17, 15) is 0 Å². The van der Waals surface area contributed by atoms with Crippen molar-refractivity contribution in [2.45, 2.75) is 37.4 Å². The molecule has 0 spiro atoms. The number of hydrogen-bond donors (Lipinski definition) is 2. The van der Waals surface area contributed by atoms with E-state index in [0.717, 1.165) is 11.8 Å². The van der Waals surface area contributed by atoms with Gasteiger partial charge in [0.15, 0.2) is 0 Å². The molecule has 1 unspecified atom stereocenters. The largest absolute Gasteiger partial charge is 0.381 e. The monoisotopic (exact) mass is 221 g/mol. The lowest BCUT2D eigenvalue weighted by molar-refractivity contribution is 0.260. The van der Waals surface area contributed by atoms with Crippen LogP contribution in [0.4, 0.5) is 0 Å². The fourth-order valence-electron chi connectivity index (χ4n) is 1.44. The first-order valence-corrected chi connectivity index (χ1v) is 7.41. The van der Waals surface area contributed by atoms with Gasteiger partial charge >= 0.3 is 0 Å². The second kappa shape index (κ2) is 7.97. The van der Waals surface area contributed by atoms with Crippen LogP contribution >= 0.6 is 21.6 Å². The maximum absolute atomic E-state index is 8.48. The molecule has 2 nitrogen and oxygen atoms in total. The molecule has 1 rings (SSSR count). The van der Waals surface area contributed by atoms with Crippen LogP contribution in [0.1, 0.15) is 32.1 Å². The summed E-state index contributed by atoms with van der Waals surface area (Å²) in [5, 5.41) is 12.3. The zero-order valence-electron chi connectivity index (χ0n) is 8.00. The third-order valence-electron chi connectivity index (χ3n) is 2.22. The molecule has 78 valence electrons. The van der Waals surface area contributed by atoms with Crippen LogP contribution in [0.5, 0.6) is 0 Å². The summed E-state index contributed by atoms with van der Waals surface area (Å²) in [4.78, 5) is 0. The third-order valence-corrected chi connectivity index (χ3v) is 5.23. The maximum atomic E-state index is 8.48. The Morgan fingerprint density at radius 3 is 2.92 bits per heavy atom. The van der Waals surface area contributed by atoms with E-state index in [2.05, 4.69) is 16.1 Å². The Labute approximate surface area is 88.6 Å². The highest BCUT2D eigenvalue weighted by atomic mass is 33.1. The van der Waals surface area contributed by atoms with Crippen molar-refractivity contribution in [1.29, 1.82) is 0 Å².